The van der Waals surface area contributed by atoms with Crippen LogP contribution in [0, 0.1) is 29.0 Å². The fourth-order valence-corrected chi connectivity index (χ4v) is 5.64. The first kappa shape index (κ1) is 18.4. The second-order valence-corrected chi connectivity index (χ2v) is 8.99. The fraction of sp³-hybridized carbons (Fsp3) is 0.333. The van der Waals surface area contributed by atoms with Crippen LogP contribution in [0.4, 0.5) is 4.39 Å². The zero-order valence-electron chi connectivity index (χ0n) is 16.9. The number of carbonyl (C=O) groups excluding carboxylic acids is 1. The van der Waals surface area contributed by atoms with E-state index in [0.717, 1.165) is 11.1 Å². The molecule has 3 unspecified atom stereocenters. The molecule has 2 bridgehead atoms. The molecule has 6 rings (SSSR count). The van der Waals surface area contributed by atoms with Crippen LogP contribution in [0.15, 0.2) is 60.9 Å². The molecular weight excluding hydrogens is 393 g/mol. The number of rotatable bonds is 5. The Hall–Kier alpha value is -3.35. The van der Waals surface area contributed by atoms with Gasteiger partial charge in [0.2, 0.25) is 0 Å². The molecule has 1 N–H and O–H groups in total. The number of hydrogen-bond donors (Lipinski definition) is 1. The molecule has 0 radical (unpaired) electrons. The summed E-state index contributed by atoms with van der Waals surface area (Å²) in [7, 11) is 0. The van der Waals surface area contributed by atoms with E-state index in [1.807, 2.05) is 12.1 Å². The molecule has 1 aromatic heterocycles. The molecule has 3 aliphatic rings. The van der Waals surface area contributed by atoms with Crippen molar-refractivity contribution in [2.75, 3.05) is 6.54 Å². The maximum Gasteiger partial charge on any atom is 0.251 e. The van der Waals surface area contributed by atoms with Crippen molar-refractivity contribution in [1.29, 1.82) is 0 Å². The molecule has 3 atom stereocenters. The SMILES string of the molecule is O=C(NCC1CC2C=CC1C21CC1)c1cc(-c2ccc(F)cc2)cc(-n2cnnn2)c1. The Morgan fingerprint density at radius 2 is 1.97 bits per heavy atom. The van der Waals surface area contributed by atoms with Crippen molar-refractivity contribution in [2.45, 2.75) is 19.3 Å². The summed E-state index contributed by atoms with van der Waals surface area (Å²) in [5.74, 6) is 1.41. The number of halogens is 1. The van der Waals surface area contributed by atoms with Crippen molar-refractivity contribution in [3.8, 4) is 16.8 Å². The summed E-state index contributed by atoms with van der Waals surface area (Å²) in [5.41, 5.74) is 3.35. The zero-order valence-corrected chi connectivity index (χ0v) is 16.9. The number of aromatic nitrogens is 4. The lowest BCUT2D eigenvalue weighted by molar-refractivity contribution is 0.0944. The lowest BCUT2D eigenvalue weighted by Crippen LogP contribution is -2.31. The molecule has 2 saturated carbocycles. The Morgan fingerprint density at radius 1 is 1.13 bits per heavy atom. The van der Waals surface area contributed by atoms with E-state index in [1.165, 1.54) is 42.4 Å². The predicted molar refractivity (Wildman–Crippen MR) is 113 cm³/mol. The van der Waals surface area contributed by atoms with E-state index in [-0.39, 0.29) is 11.7 Å². The van der Waals surface area contributed by atoms with Gasteiger partial charge in [-0.15, -0.1) is 5.10 Å². The third kappa shape index (κ3) is 3.07. The highest BCUT2D eigenvalue weighted by Gasteiger charge is 2.62. The van der Waals surface area contributed by atoms with Gasteiger partial charge in [-0.25, -0.2) is 9.07 Å². The highest BCUT2D eigenvalue weighted by Crippen LogP contribution is 2.69. The molecule has 1 amide bonds. The molecule has 1 spiro atoms. The number of amides is 1. The minimum atomic E-state index is -0.299. The fourth-order valence-electron chi connectivity index (χ4n) is 5.64. The van der Waals surface area contributed by atoms with Gasteiger partial charge >= 0.3 is 0 Å². The molecule has 7 heteroatoms. The summed E-state index contributed by atoms with van der Waals surface area (Å²) in [6.07, 6.45) is 10.1. The van der Waals surface area contributed by atoms with Gasteiger partial charge in [-0.3, -0.25) is 4.79 Å². The van der Waals surface area contributed by atoms with Crippen LogP contribution in [0.5, 0.6) is 0 Å². The average molecular weight is 415 g/mol. The van der Waals surface area contributed by atoms with Crippen LogP contribution >= 0.6 is 0 Å². The van der Waals surface area contributed by atoms with Gasteiger partial charge in [0.05, 0.1) is 5.69 Å². The highest BCUT2D eigenvalue weighted by molar-refractivity contribution is 5.96. The van der Waals surface area contributed by atoms with E-state index >= 15 is 0 Å². The Morgan fingerprint density at radius 3 is 2.68 bits per heavy atom. The molecule has 2 aromatic carbocycles. The number of carbonyl (C=O) groups is 1. The van der Waals surface area contributed by atoms with Crippen LogP contribution in [-0.4, -0.2) is 32.7 Å². The smallest absolute Gasteiger partial charge is 0.251 e. The van der Waals surface area contributed by atoms with Gasteiger partial charge in [-0.1, -0.05) is 24.3 Å². The van der Waals surface area contributed by atoms with E-state index in [2.05, 4.69) is 33.0 Å². The first-order valence-electron chi connectivity index (χ1n) is 10.7. The lowest BCUT2D eigenvalue weighted by Gasteiger charge is -2.20. The molecule has 31 heavy (non-hydrogen) atoms. The number of nitrogens with one attached hydrogen (secondary N) is 1. The van der Waals surface area contributed by atoms with E-state index in [1.54, 1.807) is 18.2 Å². The van der Waals surface area contributed by atoms with Gasteiger partial charge in [-0.2, -0.15) is 0 Å². The van der Waals surface area contributed by atoms with Crippen LogP contribution in [0.25, 0.3) is 16.8 Å². The molecule has 156 valence electrons. The lowest BCUT2D eigenvalue weighted by atomic mass is 9.89. The molecule has 6 nitrogen and oxygen atoms in total. The minimum absolute atomic E-state index is 0.116. The quantitative estimate of drug-likeness (QED) is 0.644. The number of tetrazole rings is 1. The summed E-state index contributed by atoms with van der Waals surface area (Å²) in [4.78, 5) is 13.1. The topological polar surface area (TPSA) is 72.7 Å². The van der Waals surface area contributed by atoms with Crippen molar-refractivity contribution in [3.05, 3.63) is 72.3 Å². The molecule has 1 heterocycles. The first-order valence-corrected chi connectivity index (χ1v) is 10.7. The van der Waals surface area contributed by atoms with Crippen LogP contribution < -0.4 is 5.32 Å². The third-order valence-corrected chi connectivity index (χ3v) is 7.34. The van der Waals surface area contributed by atoms with E-state index in [9.17, 15) is 9.18 Å². The van der Waals surface area contributed by atoms with Crippen molar-refractivity contribution in [2.24, 2.45) is 23.2 Å². The van der Waals surface area contributed by atoms with Crippen molar-refractivity contribution in [3.63, 3.8) is 0 Å². The minimum Gasteiger partial charge on any atom is -0.352 e. The zero-order chi connectivity index (χ0) is 21.0. The number of hydrogen-bond acceptors (Lipinski definition) is 4. The summed E-state index contributed by atoms with van der Waals surface area (Å²) < 4.78 is 14.9. The number of nitrogens with zero attached hydrogens (tertiary/aromatic N) is 4. The van der Waals surface area contributed by atoms with Gasteiger partial charge < -0.3 is 5.32 Å². The summed E-state index contributed by atoms with van der Waals surface area (Å²) in [5, 5.41) is 14.5. The molecular formula is C24H22FN5O. The van der Waals surface area contributed by atoms with Gasteiger partial charge in [0.15, 0.2) is 0 Å². The third-order valence-electron chi connectivity index (χ3n) is 7.34. The number of allylic oxidation sites excluding steroid dienone is 2. The van der Waals surface area contributed by atoms with Crippen molar-refractivity contribution in [1.82, 2.24) is 25.5 Å². The van der Waals surface area contributed by atoms with Crippen LogP contribution in [-0.2, 0) is 0 Å². The summed E-state index contributed by atoms with van der Waals surface area (Å²) >= 11 is 0. The Labute approximate surface area is 179 Å². The van der Waals surface area contributed by atoms with Gasteiger partial charge in [-0.05, 0) is 94.3 Å². The van der Waals surface area contributed by atoms with E-state index in [0.29, 0.717) is 41.0 Å². The highest BCUT2D eigenvalue weighted by atomic mass is 19.1. The standard InChI is InChI=1S/C24H22FN5O/c25-20-4-1-15(2-5-20)16-9-17(12-21(11-16)30-14-27-28-29-30)23(31)26-13-18-10-19-3-6-22(18)24(19)7-8-24/h1-6,9,11-12,14,18-19,22H,7-8,10,13H2,(H,26,31). The van der Waals surface area contributed by atoms with E-state index < -0.39 is 0 Å². The Bertz CT molecular complexity index is 1170. The average Bonchev–Trinajstić information content (AvgIpc) is 3.14. The monoisotopic (exact) mass is 415 g/mol. The first-order chi connectivity index (χ1) is 15.1. The Kier molecular flexibility index (Phi) is 4.06. The number of benzene rings is 2. The molecule has 0 aliphatic heterocycles. The molecule has 0 saturated heterocycles. The van der Waals surface area contributed by atoms with Gasteiger partial charge in [0, 0.05) is 12.1 Å². The van der Waals surface area contributed by atoms with Crippen LogP contribution in [0.1, 0.15) is 29.6 Å². The van der Waals surface area contributed by atoms with Crippen LogP contribution in [0.3, 0.4) is 0 Å². The van der Waals surface area contributed by atoms with Crippen LogP contribution in [0.2, 0.25) is 0 Å². The van der Waals surface area contributed by atoms with Crippen molar-refractivity contribution >= 4 is 5.91 Å². The molecule has 3 aliphatic carbocycles. The predicted octanol–water partition coefficient (Wildman–Crippen LogP) is 3.80. The normalized spacial score (nSPS) is 24.6. The maximum atomic E-state index is 13.4. The summed E-state index contributed by atoms with van der Waals surface area (Å²) in [6.45, 7) is 0.688. The second-order valence-electron chi connectivity index (χ2n) is 8.99. The summed E-state index contributed by atoms with van der Waals surface area (Å²) in [6, 6.07) is 11.7. The largest absolute Gasteiger partial charge is 0.352 e. The Balaban J connectivity index is 1.26. The molecule has 2 fully saturated rings. The van der Waals surface area contributed by atoms with Gasteiger partial charge in [0.25, 0.3) is 5.91 Å². The van der Waals surface area contributed by atoms with E-state index in [4.69, 9.17) is 0 Å². The van der Waals surface area contributed by atoms with Gasteiger partial charge in [0.1, 0.15) is 12.1 Å². The maximum absolute atomic E-state index is 13.4. The second kappa shape index (κ2) is 6.83. The molecule has 3 aromatic rings. The van der Waals surface area contributed by atoms with Crippen molar-refractivity contribution < 1.29 is 9.18 Å².